The molecule has 0 spiro atoms. The Kier molecular flexibility index (Phi) is 4.88. The molecule has 2 aromatic heterocycles. The molecule has 4 aromatic rings. The van der Waals surface area contributed by atoms with Gasteiger partial charge < -0.3 is 10.1 Å². The van der Waals surface area contributed by atoms with Gasteiger partial charge in [-0.15, -0.1) is 5.10 Å². The number of aromatic nitrogens is 4. The molecule has 0 radical (unpaired) electrons. The summed E-state index contributed by atoms with van der Waals surface area (Å²) in [6, 6.07) is 15.4. The van der Waals surface area contributed by atoms with Crippen molar-refractivity contribution >= 4 is 34.2 Å². The molecule has 0 aliphatic rings. The van der Waals surface area contributed by atoms with E-state index in [1.54, 1.807) is 18.0 Å². The first-order valence-corrected chi connectivity index (χ1v) is 9.34. The van der Waals surface area contributed by atoms with Gasteiger partial charge in [-0.25, -0.2) is 14.5 Å². The fourth-order valence-electron chi connectivity index (χ4n) is 2.69. The number of hydrogen-bond acceptors (Lipinski definition) is 6. The summed E-state index contributed by atoms with van der Waals surface area (Å²) >= 11 is 1.30. The maximum atomic E-state index is 12.1. The first-order chi connectivity index (χ1) is 13.2. The number of para-hydroxylation sites is 1. The molecule has 7 nitrogen and oxygen atoms in total. The Morgan fingerprint density at radius 2 is 2.11 bits per heavy atom. The minimum Gasteiger partial charge on any atom is -0.497 e. The second-order valence-electron chi connectivity index (χ2n) is 5.84. The number of hydrogen-bond donors (Lipinski definition) is 1. The van der Waals surface area contributed by atoms with Gasteiger partial charge in [0.1, 0.15) is 12.1 Å². The molecule has 0 aliphatic carbocycles. The monoisotopic (exact) mass is 379 g/mol. The van der Waals surface area contributed by atoms with Crippen LogP contribution in [0, 0.1) is 0 Å². The molecule has 0 aliphatic heterocycles. The smallest absolute Gasteiger partial charge is 0.230 e. The zero-order valence-corrected chi connectivity index (χ0v) is 15.4. The molecule has 1 amide bonds. The van der Waals surface area contributed by atoms with E-state index in [1.807, 2.05) is 48.5 Å². The molecule has 136 valence electrons. The van der Waals surface area contributed by atoms with Crippen LogP contribution in [0.25, 0.3) is 16.6 Å². The van der Waals surface area contributed by atoms with E-state index in [-0.39, 0.29) is 11.7 Å². The molecular formula is C19H17N5O2S. The lowest BCUT2D eigenvalue weighted by Gasteiger charge is -2.06. The van der Waals surface area contributed by atoms with E-state index in [9.17, 15) is 4.79 Å². The zero-order valence-electron chi connectivity index (χ0n) is 14.6. The van der Waals surface area contributed by atoms with Crippen molar-refractivity contribution in [3.63, 3.8) is 0 Å². The zero-order chi connectivity index (χ0) is 18.6. The highest BCUT2D eigenvalue weighted by molar-refractivity contribution is 7.99. The van der Waals surface area contributed by atoms with Crippen molar-refractivity contribution in [2.24, 2.45) is 0 Å². The lowest BCUT2D eigenvalue weighted by atomic mass is 10.2. The normalized spacial score (nSPS) is 11.0. The number of nitrogens with one attached hydrogen (secondary N) is 1. The van der Waals surface area contributed by atoms with Gasteiger partial charge in [0.05, 0.1) is 18.4 Å². The minimum atomic E-state index is -0.0790. The van der Waals surface area contributed by atoms with E-state index >= 15 is 0 Å². The first kappa shape index (κ1) is 17.3. The highest BCUT2D eigenvalue weighted by Crippen LogP contribution is 2.20. The number of thioether (sulfide) groups is 1. The lowest BCUT2D eigenvalue weighted by Crippen LogP contribution is -2.24. The Hall–Kier alpha value is -3.13. The molecule has 8 heteroatoms. The van der Waals surface area contributed by atoms with Gasteiger partial charge in [0.15, 0.2) is 5.65 Å². The van der Waals surface area contributed by atoms with Crippen molar-refractivity contribution in [1.29, 1.82) is 0 Å². The largest absolute Gasteiger partial charge is 0.497 e. The Balaban J connectivity index is 1.39. The summed E-state index contributed by atoms with van der Waals surface area (Å²) in [7, 11) is 1.62. The molecule has 0 saturated carbocycles. The van der Waals surface area contributed by atoms with Gasteiger partial charge in [-0.3, -0.25) is 4.79 Å². The van der Waals surface area contributed by atoms with E-state index in [1.165, 1.54) is 11.8 Å². The second kappa shape index (κ2) is 7.63. The van der Waals surface area contributed by atoms with E-state index < -0.39 is 0 Å². The average molecular weight is 379 g/mol. The minimum absolute atomic E-state index is 0.0790. The average Bonchev–Trinajstić information content (AvgIpc) is 3.14. The molecule has 27 heavy (non-hydrogen) atoms. The Morgan fingerprint density at radius 3 is 3.00 bits per heavy atom. The van der Waals surface area contributed by atoms with Crippen LogP contribution in [-0.4, -0.2) is 38.4 Å². The number of nitrogens with zero attached hydrogens (tertiary/aromatic N) is 4. The number of benzene rings is 2. The summed E-state index contributed by atoms with van der Waals surface area (Å²) in [5.74, 6) is 0.933. The van der Waals surface area contributed by atoms with Crippen molar-refractivity contribution in [3.05, 3.63) is 60.4 Å². The predicted molar refractivity (Wildman–Crippen MR) is 104 cm³/mol. The number of rotatable bonds is 6. The van der Waals surface area contributed by atoms with Gasteiger partial charge in [-0.05, 0) is 29.8 Å². The number of carbonyl (C=O) groups is 1. The van der Waals surface area contributed by atoms with Crippen LogP contribution in [0.15, 0.2) is 60.0 Å². The summed E-state index contributed by atoms with van der Waals surface area (Å²) < 4.78 is 6.82. The molecule has 0 bridgehead atoms. The molecule has 0 unspecified atom stereocenters. The third-order valence-electron chi connectivity index (χ3n) is 4.02. The van der Waals surface area contributed by atoms with E-state index in [0.29, 0.717) is 11.7 Å². The van der Waals surface area contributed by atoms with Crippen LogP contribution in [-0.2, 0) is 11.3 Å². The summed E-state index contributed by atoms with van der Waals surface area (Å²) in [5.41, 5.74) is 2.58. The van der Waals surface area contributed by atoms with Gasteiger partial charge in [0.25, 0.3) is 0 Å². The summed E-state index contributed by atoms with van der Waals surface area (Å²) in [6.07, 6.45) is 1.64. The van der Waals surface area contributed by atoms with Gasteiger partial charge in [0, 0.05) is 11.9 Å². The number of amides is 1. The molecule has 4 rings (SSSR count). The van der Waals surface area contributed by atoms with E-state index in [2.05, 4.69) is 20.4 Å². The summed E-state index contributed by atoms with van der Waals surface area (Å²) in [6.45, 7) is 0.448. The van der Waals surface area contributed by atoms with Gasteiger partial charge in [0.2, 0.25) is 11.1 Å². The second-order valence-corrected chi connectivity index (χ2v) is 6.78. The van der Waals surface area contributed by atoms with Crippen molar-refractivity contribution < 1.29 is 9.53 Å². The molecule has 0 saturated heterocycles. The fourth-order valence-corrected chi connectivity index (χ4v) is 3.34. The van der Waals surface area contributed by atoms with E-state index in [0.717, 1.165) is 27.9 Å². The van der Waals surface area contributed by atoms with Crippen LogP contribution in [0.3, 0.4) is 0 Å². The van der Waals surface area contributed by atoms with Crippen LogP contribution in [0.5, 0.6) is 5.75 Å². The van der Waals surface area contributed by atoms with Gasteiger partial charge in [-0.1, -0.05) is 36.0 Å². The fraction of sp³-hybridized carbons (Fsp3) is 0.158. The van der Waals surface area contributed by atoms with Gasteiger partial charge in [-0.2, -0.15) is 0 Å². The molecule has 0 fully saturated rings. The number of carbonyl (C=O) groups excluding carboxylic acids is 1. The number of methoxy groups -OCH3 is 1. The SMILES string of the molecule is COc1cccc(CNC(=O)CSc2nc3c4ccccc4ncn3n2)c1. The molecule has 2 aromatic carbocycles. The first-order valence-electron chi connectivity index (χ1n) is 8.35. The van der Waals surface area contributed by atoms with Gasteiger partial charge >= 0.3 is 0 Å². The molecule has 1 N–H and O–H groups in total. The Labute approximate surface area is 159 Å². The van der Waals surface area contributed by atoms with Crippen molar-refractivity contribution in [3.8, 4) is 5.75 Å². The van der Waals surface area contributed by atoms with Crippen molar-refractivity contribution in [2.75, 3.05) is 12.9 Å². The highest BCUT2D eigenvalue weighted by Gasteiger charge is 2.10. The molecule has 2 heterocycles. The Bertz CT molecular complexity index is 1110. The Morgan fingerprint density at radius 1 is 1.22 bits per heavy atom. The van der Waals surface area contributed by atoms with Crippen molar-refractivity contribution in [2.45, 2.75) is 11.7 Å². The van der Waals surface area contributed by atoms with E-state index in [4.69, 9.17) is 4.74 Å². The molecule has 0 atom stereocenters. The standard InChI is InChI=1S/C19H17N5O2S/c1-26-14-6-4-5-13(9-14)10-20-17(25)11-27-19-22-18-15-7-2-3-8-16(15)21-12-24(18)23-19/h2-9,12H,10-11H2,1H3,(H,20,25). The van der Waals surface area contributed by atoms with Crippen molar-refractivity contribution in [1.82, 2.24) is 24.9 Å². The highest BCUT2D eigenvalue weighted by atomic mass is 32.2. The number of ether oxygens (including phenoxy) is 1. The topological polar surface area (TPSA) is 81.4 Å². The predicted octanol–water partition coefficient (Wildman–Crippen LogP) is 2.69. The lowest BCUT2D eigenvalue weighted by molar-refractivity contribution is -0.118. The van der Waals surface area contributed by atoms with Crippen LogP contribution >= 0.6 is 11.8 Å². The third kappa shape index (κ3) is 3.85. The summed E-state index contributed by atoms with van der Waals surface area (Å²) in [5, 5.41) is 8.76. The maximum Gasteiger partial charge on any atom is 0.230 e. The van der Waals surface area contributed by atoms with Crippen LogP contribution < -0.4 is 10.1 Å². The van der Waals surface area contributed by atoms with Crippen LogP contribution in [0.1, 0.15) is 5.56 Å². The number of fused-ring (bicyclic) bond motifs is 3. The third-order valence-corrected chi connectivity index (χ3v) is 4.86. The van der Waals surface area contributed by atoms with Crippen LogP contribution in [0.4, 0.5) is 0 Å². The maximum absolute atomic E-state index is 12.1. The van der Waals surface area contributed by atoms with Crippen LogP contribution in [0.2, 0.25) is 0 Å². The quantitative estimate of drug-likeness (QED) is 0.519. The summed E-state index contributed by atoms with van der Waals surface area (Å²) in [4.78, 5) is 21.0. The molecular weight excluding hydrogens is 362 g/mol.